The van der Waals surface area contributed by atoms with Crippen molar-refractivity contribution in [2.75, 3.05) is 19.8 Å². The van der Waals surface area contributed by atoms with Crippen molar-refractivity contribution in [2.45, 2.75) is 45.1 Å². The molecule has 0 aromatic carbocycles. The third-order valence-corrected chi connectivity index (χ3v) is 5.88. The third-order valence-electron chi connectivity index (χ3n) is 5.12. The highest BCUT2D eigenvalue weighted by atomic mass is 32.1. The van der Waals surface area contributed by atoms with Gasteiger partial charge in [0, 0.05) is 29.9 Å². The van der Waals surface area contributed by atoms with Gasteiger partial charge in [0.1, 0.15) is 5.01 Å². The lowest BCUT2D eigenvalue weighted by molar-refractivity contribution is -0.0591. The molecule has 4 rings (SSSR count). The van der Waals surface area contributed by atoms with Crippen LogP contribution in [0.5, 0.6) is 0 Å². The zero-order valence-electron chi connectivity index (χ0n) is 14.6. The van der Waals surface area contributed by atoms with Gasteiger partial charge in [0.05, 0.1) is 38.2 Å². The SMILES string of the molecule is Cc1cccc(COC[C@H]2C[C@@H]3OCCN(Cc4nccs4)[C@H]3C2)n1. The molecule has 0 N–H and O–H groups in total. The fourth-order valence-corrected chi connectivity index (χ4v) is 4.61. The smallest absolute Gasteiger partial charge is 0.107 e. The van der Waals surface area contributed by atoms with Gasteiger partial charge in [-0.05, 0) is 37.8 Å². The monoisotopic (exact) mass is 359 g/mol. The van der Waals surface area contributed by atoms with E-state index in [0.29, 0.717) is 24.7 Å². The maximum Gasteiger partial charge on any atom is 0.107 e. The van der Waals surface area contributed by atoms with Gasteiger partial charge >= 0.3 is 0 Å². The van der Waals surface area contributed by atoms with E-state index in [1.165, 1.54) is 5.01 Å². The number of aromatic nitrogens is 2. The summed E-state index contributed by atoms with van der Waals surface area (Å²) >= 11 is 1.74. The number of pyridine rings is 1. The van der Waals surface area contributed by atoms with Crippen LogP contribution in [0.4, 0.5) is 0 Å². The molecule has 0 bridgehead atoms. The van der Waals surface area contributed by atoms with E-state index in [-0.39, 0.29) is 0 Å². The summed E-state index contributed by atoms with van der Waals surface area (Å²) in [6.07, 6.45) is 4.49. The maximum atomic E-state index is 6.04. The predicted molar refractivity (Wildman–Crippen MR) is 97.4 cm³/mol. The summed E-state index contributed by atoms with van der Waals surface area (Å²) in [6, 6.07) is 6.58. The summed E-state index contributed by atoms with van der Waals surface area (Å²) in [5.74, 6) is 0.566. The van der Waals surface area contributed by atoms with E-state index in [0.717, 1.165) is 50.5 Å². The predicted octanol–water partition coefficient (Wildman–Crippen LogP) is 3.04. The molecule has 0 unspecified atom stereocenters. The highest BCUT2D eigenvalue weighted by molar-refractivity contribution is 7.09. The van der Waals surface area contributed by atoms with Crippen molar-refractivity contribution >= 4 is 11.3 Å². The molecule has 1 saturated carbocycles. The van der Waals surface area contributed by atoms with E-state index in [2.05, 4.69) is 20.2 Å². The normalized spacial score (nSPS) is 26.7. The number of ether oxygens (including phenoxy) is 2. The van der Waals surface area contributed by atoms with Crippen molar-refractivity contribution in [3.63, 3.8) is 0 Å². The highest BCUT2D eigenvalue weighted by Crippen LogP contribution is 2.35. The van der Waals surface area contributed by atoms with Gasteiger partial charge in [0.15, 0.2) is 0 Å². The molecule has 0 amide bonds. The number of hydrogen-bond acceptors (Lipinski definition) is 6. The van der Waals surface area contributed by atoms with Gasteiger partial charge in [-0.15, -0.1) is 11.3 Å². The Morgan fingerprint density at radius 1 is 1.36 bits per heavy atom. The molecular weight excluding hydrogens is 334 g/mol. The van der Waals surface area contributed by atoms with Crippen LogP contribution in [0.15, 0.2) is 29.8 Å². The Labute approximate surface area is 153 Å². The summed E-state index contributed by atoms with van der Waals surface area (Å²) in [4.78, 5) is 11.5. The van der Waals surface area contributed by atoms with Crippen molar-refractivity contribution in [2.24, 2.45) is 5.92 Å². The van der Waals surface area contributed by atoms with Crippen molar-refractivity contribution < 1.29 is 9.47 Å². The Bertz CT molecular complexity index is 679. The van der Waals surface area contributed by atoms with Crippen LogP contribution < -0.4 is 0 Å². The van der Waals surface area contributed by atoms with Gasteiger partial charge in [0.2, 0.25) is 0 Å². The molecular formula is C19H25N3O2S. The molecule has 2 aromatic rings. The standard InChI is InChI=1S/C19H25N3O2S/c1-14-3-2-4-16(21-14)13-23-12-15-9-17-18(10-15)24-7-6-22(17)11-19-20-5-8-25-19/h2-5,8,15,17-18H,6-7,9-13H2,1H3/t15-,17+,18+/m1/s1. The first-order valence-corrected chi connectivity index (χ1v) is 9.90. The second-order valence-electron chi connectivity index (χ2n) is 7.00. The van der Waals surface area contributed by atoms with Crippen molar-refractivity contribution in [1.29, 1.82) is 0 Å². The first kappa shape index (κ1) is 17.1. The number of aryl methyl sites for hydroxylation is 1. The zero-order valence-corrected chi connectivity index (χ0v) is 15.5. The topological polar surface area (TPSA) is 47.5 Å². The molecule has 0 radical (unpaired) electrons. The van der Waals surface area contributed by atoms with Crippen LogP contribution in [-0.4, -0.2) is 46.8 Å². The van der Waals surface area contributed by atoms with Gasteiger partial charge in [-0.2, -0.15) is 0 Å². The minimum atomic E-state index is 0.347. The van der Waals surface area contributed by atoms with Crippen molar-refractivity contribution in [3.8, 4) is 0 Å². The number of morpholine rings is 1. The number of hydrogen-bond donors (Lipinski definition) is 0. The van der Waals surface area contributed by atoms with Gasteiger partial charge in [-0.25, -0.2) is 4.98 Å². The van der Waals surface area contributed by atoms with Crippen molar-refractivity contribution in [3.05, 3.63) is 46.2 Å². The molecule has 25 heavy (non-hydrogen) atoms. The lowest BCUT2D eigenvalue weighted by Crippen LogP contribution is -2.47. The van der Waals surface area contributed by atoms with Crippen LogP contribution in [0.1, 0.15) is 29.2 Å². The second-order valence-corrected chi connectivity index (χ2v) is 7.97. The molecule has 2 aliphatic rings. The fourth-order valence-electron chi connectivity index (χ4n) is 3.97. The second kappa shape index (κ2) is 7.91. The van der Waals surface area contributed by atoms with E-state index in [4.69, 9.17) is 9.47 Å². The van der Waals surface area contributed by atoms with Crippen LogP contribution in [0, 0.1) is 12.8 Å². The third kappa shape index (κ3) is 4.26. The van der Waals surface area contributed by atoms with Gasteiger partial charge < -0.3 is 9.47 Å². The molecule has 2 fully saturated rings. The average molecular weight is 359 g/mol. The van der Waals surface area contributed by atoms with Crippen LogP contribution in [0.25, 0.3) is 0 Å². The molecule has 5 nitrogen and oxygen atoms in total. The maximum absolute atomic E-state index is 6.04. The Balaban J connectivity index is 1.29. The summed E-state index contributed by atoms with van der Waals surface area (Å²) < 4.78 is 12.0. The van der Waals surface area contributed by atoms with Gasteiger partial charge in [-0.3, -0.25) is 9.88 Å². The van der Waals surface area contributed by atoms with Crippen molar-refractivity contribution in [1.82, 2.24) is 14.9 Å². The number of nitrogens with zero attached hydrogens (tertiary/aromatic N) is 3. The summed E-state index contributed by atoms with van der Waals surface area (Å²) in [5, 5.41) is 3.25. The first-order valence-electron chi connectivity index (χ1n) is 9.02. The summed E-state index contributed by atoms with van der Waals surface area (Å²) in [5.41, 5.74) is 2.05. The highest BCUT2D eigenvalue weighted by Gasteiger charge is 2.41. The van der Waals surface area contributed by atoms with E-state index >= 15 is 0 Å². The number of fused-ring (bicyclic) bond motifs is 1. The van der Waals surface area contributed by atoms with Crippen LogP contribution in [0.3, 0.4) is 0 Å². The summed E-state index contributed by atoms with van der Waals surface area (Å²) in [6.45, 7) is 6.17. The van der Waals surface area contributed by atoms with E-state index in [9.17, 15) is 0 Å². The Kier molecular flexibility index (Phi) is 5.41. The minimum absolute atomic E-state index is 0.347. The largest absolute Gasteiger partial charge is 0.375 e. The van der Waals surface area contributed by atoms with Gasteiger partial charge in [0.25, 0.3) is 0 Å². The van der Waals surface area contributed by atoms with E-state index < -0.39 is 0 Å². The Hall–Kier alpha value is -1.34. The molecule has 1 aliphatic heterocycles. The first-order chi connectivity index (χ1) is 12.3. The molecule has 6 heteroatoms. The van der Waals surface area contributed by atoms with E-state index in [1.54, 1.807) is 11.3 Å². The van der Waals surface area contributed by atoms with Crippen LogP contribution in [-0.2, 0) is 22.6 Å². The Morgan fingerprint density at radius 2 is 2.32 bits per heavy atom. The molecule has 1 saturated heterocycles. The molecule has 134 valence electrons. The van der Waals surface area contributed by atoms with Crippen LogP contribution in [0.2, 0.25) is 0 Å². The number of thiazole rings is 1. The minimum Gasteiger partial charge on any atom is -0.375 e. The quantitative estimate of drug-likeness (QED) is 0.793. The fraction of sp³-hybridized carbons (Fsp3) is 0.579. The lowest BCUT2D eigenvalue weighted by Gasteiger charge is -2.37. The molecule has 1 aliphatic carbocycles. The number of rotatable bonds is 6. The summed E-state index contributed by atoms with van der Waals surface area (Å²) in [7, 11) is 0. The Morgan fingerprint density at radius 3 is 3.16 bits per heavy atom. The zero-order chi connectivity index (χ0) is 17.1. The molecule has 2 aromatic heterocycles. The molecule has 3 atom stereocenters. The average Bonchev–Trinajstić information content (AvgIpc) is 3.25. The lowest BCUT2D eigenvalue weighted by atomic mass is 10.1. The van der Waals surface area contributed by atoms with E-state index in [1.807, 2.05) is 31.3 Å². The molecule has 0 spiro atoms. The van der Waals surface area contributed by atoms with Crippen LogP contribution >= 0.6 is 11.3 Å². The molecule has 3 heterocycles. The van der Waals surface area contributed by atoms with Gasteiger partial charge in [-0.1, -0.05) is 6.07 Å².